The van der Waals surface area contributed by atoms with Gasteiger partial charge in [0.1, 0.15) is 11.5 Å². The van der Waals surface area contributed by atoms with Crippen molar-refractivity contribution in [2.24, 2.45) is 11.8 Å². The molecule has 2 N–H and O–H groups in total. The molecule has 12 heteroatoms. The molecule has 0 saturated carbocycles. The highest BCUT2D eigenvalue weighted by Crippen LogP contribution is 2.34. The van der Waals surface area contributed by atoms with Crippen molar-refractivity contribution in [3.63, 3.8) is 0 Å². The number of rotatable bonds is 5. The van der Waals surface area contributed by atoms with Crippen LogP contribution >= 0.6 is 0 Å². The largest absolute Gasteiger partial charge is 0.490 e. The van der Waals surface area contributed by atoms with Crippen LogP contribution in [0.4, 0.5) is 17.6 Å². The summed E-state index contributed by atoms with van der Waals surface area (Å²) in [4.78, 5) is 31.3. The van der Waals surface area contributed by atoms with Gasteiger partial charge in [0.15, 0.2) is 0 Å². The zero-order valence-electron chi connectivity index (χ0n) is 17.3. The van der Waals surface area contributed by atoms with Gasteiger partial charge < -0.3 is 15.2 Å². The third-order valence-electron chi connectivity index (χ3n) is 5.40. The van der Waals surface area contributed by atoms with Crippen molar-refractivity contribution in [3.05, 3.63) is 59.9 Å². The van der Waals surface area contributed by atoms with Crippen LogP contribution in [0.3, 0.4) is 0 Å². The molecule has 0 radical (unpaired) electrons. The van der Waals surface area contributed by atoms with Crippen LogP contribution in [-0.2, 0) is 16.1 Å². The fraction of sp³-hybridized carbons (Fsp3) is 0.429. The second-order valence-corrected chi connectivity index (χ2v) is 7.72. The van der Waals surface area contributed by atoms with Crippen molar-refractivity contribution >= 4 is 11.9 Å². The van der Waals surface area contributed by atoms with Gasteiger partial charge in [0, 0.05) is 50.4 Å². The number of likely N-dealkylation sites (tertiary alicyclic amines) is 1. The molecule has 0 spiro atoms. The van der Waals surface area contributed by atoms with Gasteiger partial charge in [-0.25, -0.2) is 14.2 Å². The summed E-state index contributed by atoms with van der Waals surface area (Å²) in [6, 6.07) is 6.63. The predicted octanol–water partition coefficient (Wildman–Crippen LogP) is 2.13. The van der Waals surface area contributed by atoms with Gasteiger partial charge >= 0.3 is 12.1 Å². The number of carboxylic acid groups (broad SMARTS) is 1. The number of nitrogens with one attached hydrogen (secondary N) is 1. The van der Waals surface area contributed by atoms with E-state index in [1.54, 1.807) is 6.20 Å². The molecule has 2 aromatic rings. The van der Waals surface area contributed by atoms with Gasteiger partial charge in [-0.3, -0.25) is 14.7 Å². The first-order chi connectivity index (χ1) is 15.6. The van der Waals surface area contributed by atoms with E-state index in [1.165, 1.54) is 24.5 Å². The summed E-state index contributed by atoms with van der Waals surface area (Å²) in [5.41, 5.74) is 1.42. The third kappa shape index (κ3) is 6.93. The number of carboxylic acids is 1. The van der Waals surface area contributed by atoms with Gasteiger partial charge in [-0.15, -0.1) is 0 Å². The number of alkyl halides is 3. The lowest BCUT2D eigenvalue weighted by Crippen LogP contribution is -2.34. The van der Waals surface area contributed by atoms with E-state index < -0.39 is 12.1 Å². The molecule has 178 valence electrons. The van der Waals surface area contributed by atoms with Crippen LogP contribution in [0.1, 0.15) is 16.1 Å². The lowest BCUT2D eigenvalue weighted by atomic mass is 9.93. The third-order valence-corrected chi connectivity index (χ3v) is 5.40. The first-order valence-corrected chi connectivity index (χ1v) is 10.1. The second-order valence-electron chi connectivity index (χ2n) is 7.72. The van der Waals surface area contributed by atoms with Gasteiger partial charge in [0.05, 0.1) is 18.9 Å². The molecule has 0 bridgehead atoms. The molecule has 2 aliphatic rings. The zero-order valence-corrected chi connectivity index (χ0v) is 17.3. The first-order valence-electron chi connectivity index (χ1n) is 10.1. The number of amides is 1. The molecule has 1 aromatic carbocycles. The molecule has 3 atom stereocenters. The van der Waals surface area contributed by atoms with E-state index >= 15 is 0 Å². The summed E-state index contributed by atoms with van der Waals surface area (Å²) < 4.78 is 50.7. The summed E-state index contributed by atoms with van der Waals surface area (Å²) in [5.74, 6) is -2.49. The number of carbonyl (C=O) groups is 2. The van der Waals surface area contributed by atoms with Crippen LogP contribution in [0, 0.1) is 17.7 Å². The van der Waals surface area contributed by atoms with E-state index in [0.717, 1.165) is 25.2 Å². The molecule has 0 aliphatic carbocycles. The SMILES string of the molecule is O=C(NC[C@H]1CO[C@@H]2CN(Cc3ccc(F)cc3)C[C@H]12)c1cnccn1.O=C(O)C(F)(F)F. The van der Waals surface area contributed by atoms with E-state index in [2.05, 4.69) is 20.2 Å². The number of ether oxygens (including phenoxy) is 1. The lowest BCUT2D eigenvalue weighted by Gasteiger charge is -2.20. The standard InChI is InChI=1S/C19H21FN4O2.C2HF3O2/c20-15-3-1-13(2-4-15)9-24-10-16-14(12-26-18(16)11-24)7-23-19(25)17-8-21-5-6-22-17;3-2(4,5)1(6)7/h1-6,8,14,16,18H,7,9-12H2,(H,23,25);(H,6,7)/t14-,16+,18+;/m0./s1. The summed E-state index contributed by atoms with van der Waals surface area (Å²) >= 11 is 0. The molecular weight excluding hydrogens is 448 g/mol. The topological polar surface area (TPSA) is 105 Å². The number of fused-ring (bicyclic) bond motifs is 1. The normalized spacial score (nSPS) is 22.2. The number of nitrogens with zero attached hydrogens (tertiary/aromatic N) is 3. The fourth-order valence-electron chi connectivity index (χ4n) is 3.80. The van der Waals surface area contributed by atoms with Gasteiger partial charge in [0.2, 0.25) is 0 Å². The lowest BCUT2D eigenvalue weighted by molar-refractivity contribution is -0.192. The van der Waals surface area contributed by atoms with Crippen LogP contribution < -0.4 is 5.32 Å². The van der Waals surface area contributed by atoms with Crippen LogP contribution in [0.25, 0.3) is 0 Å². The number of aromatic nitrogens is 2. The number of aliphatic carboxylic acids is 1. The highest BCUT2D eigenvalue weighted by molar-refractivity contribution is 5.91. The smallest absolute Gasteiger partial charge is 0.475 e. The molecular formula is C21H22F4N4O4. The van der Waals surface area contributed by atoms with E-state index in [-0.39, 0.29) is 17.8 Å². The Morgan fingerprint density at radius 3 is 2.48 bits per heavy atom. The van der Waals surface area contributed by atoms with E-state index in [9.17, 15) is 22.4 Å². The molecule has 4 rings (SSSR count). The average Bonchev–Trinajstić information content (AvgIpc) is 3.34. The van der Waals surface area contributed by atoms with Crippen molar-refractivity contribution in [1.29, 1.82) is 0 Å². The van der Waals surface area contributed by atoms with Gasteiger partial charge in [-0.1, -0.05) is 12.1 Å². The zero-order chi connectivity index (χ0) is 24.0. The van der Waals surface area contributed by atoms with Crippen LogP contribution in [0.2, 0.25) is 0 Å². The maximum absolute atomic E-state index is 13.0. The quantitative estimate of drug-likeness (QED) is 0.645. The Labute approximate surface area is 186 Å². The summed E-state index contributed by atoms with van der Waals surface area (Å²) in [7, 11) is 0. The Balaban J connectivity index is 0.000000383. The molecule has 33 heavy (non-hydrogen) atoms. The van der Waals surface area contributed by atoms with Crippen LogP contribution in [0.5, 0.6) is 0 Å². The van der Waals surface area contributed by atoms with Crippen molar-refractivity contribution in [2.75, 3.05) is 26.2 Å². The minimum absolute atomic E-state index is 0.203. The maximum Gasteiger partial charge on any atom is 0.490 e. The van der Waals surface area contributed by atoms with Crippen LogP contribution in [0.15, 0.2) is 42.9 Å². The molecule has 2 fully saturated rings. The van der Waals surface area contributed by atoms with Crippen LogP contribution in [-0.4, -0.2) is 70.4 Å². The summed E-state index contributed by atoms with van der Waals surface area (Å²) in [6.07, 6.45) is -0.369. The maximum atomic E-state index is 13.0. The summed E-state index contributed by atoms with van der Waals surface area (Å²) in [6.45, 7) is 3.82. The molecule has 2 aliphatic heterocycles. The van der Waals surface area contributed by atoms with E-state index in [1.807, 2.05) is 12.1 Å². The van der Waals surface area contributed by atoms with Crippen molar-refractivity contribution in [3.8, 4) is 0 Å². The Bertz CT molecular complexity index is 944. The van der Waals surface area contributed by atoms with E-state index in [0.29, 0.717) is 30.7 Å². The molecule has 3 heterocycles. The van der Waals surface area contributed by atoms with Gasteiger partial charge in [-0.2, -0.15) is 13.2 Å². The van der Waals surface area contributed by atoms with Crippen molar-refractivity contribution < 1.29 is 37.0 Å². The molecule has 8 nitrogen and oxygen atoms in total. The minimum atomic E-state index is -5.08. The molecule has 1 amide bonds. The minimum Gasteiger partial charge on any atom is -0.475 e. The first kappa shape index (κ1) is 24.5. The van der Waals surface area contributed by atoms with Gasteiger partial charge in [0.25, 0.3) is 5.91 Å². The average molecular weight is 470 g/mol. The molecule has 0 unspecified atom stereocenters. The van der Waals surface area contributed by atoms with E-state index in [4.69, 9.17) is 14.6 Å². The number of hydrogen-bond acceptors (Lipinski definition) is 6. The number of carbonyl (C=O) groups excluding carboxylic acids is 1. The fourth-order valence-corrected chi connectivity index (χ4v) is 3.80. The Morgan fingerprint density at radius 1 is 1.18 bits per heavy atom. The van der Waals surface area contributed by atoms with Crippen molar-refractivity contribution in [1.82, 2.24) is 20.2 Å². The predicted molar refractivity (Wildman–Crippen MR) is 106 cm³/mol. The monoisotopic (exact) mass is 470 g/mol. The second kappa shape index (κ2) is 10.7. The Morgan fingerprint density at radius 2 is 1.88 bits per heavy atom. The van der Waals surface area contributed by atoms with Crippen molar-refractivity contribution in [2.45, 2.75) is 18.8 Å². The highest BCUT2D eigenvalue weighted by Gasteiger charge is 2.43. The number of benzene rings is 1. The molecule has 1 aromatic heterocycles. The summed E-state index contributed by atoms with van der Waals surface area (Å²) in [5, 5.41) is 10.1. The number of hydrogen-bond donors (Lipinski definition) is 2. The van der Waals surface area contributed by atoms with Gasteiger partial charge in [-0.05, 0) is 17.7 Å². The molecule has 2 saturated heterocycles. The highest BCUT2D eigenvalue weighted by atomic mass is 19.4. The number of halogens is 4. The Hall–Kier alpha value is -3.12. The Kier molecular flexibility index (Phi) is 7.92.